The average Bonchev–Trinajstić information content (AvgIpc) is 2.75. The Labute approximate surface area is 185 Å². The van der Waals surface area contributed by atoms with Crippen LogP contribution in [0, 0.1) is 5.92 Å². The Kier molecular flexibility index (Phi) is 6.69. The number of hydrogen-bond acceptors (Lipinski definition) is 4. The van der Waals surface area contributed by atoms with Gasteiger partial charge in [0.15, 0.2) is 0 Å². The minimum absolute atomic E-state index is 0.0238. The van der Waals surface area contributed by atoms with Crippen LogP contribution in [0.4, 0.5) is 13.2 Å². The molecule has 1 aromatic heterocycles. The van der Waals surface area contributed by atoms with E-state index < -0.39 is 17.7 Å². The highest BCUT2D eigenvalue weighted by Crippen LogP contribution is 2.41. The van der Waals surface area contributed by atoms with E-state index in [2.05, 4.69) is 4.98 Å². The van der Waals surface area contributed by atoms with Crippen molar-refractivity contribution in [3.05, 3.63) is 58.9 Å². The number of aliphatic carboxylic acids is 1. The predicted octanol–water partition coefficient (Wildman–Crippen LogP) is 5.24. The summed E-state index contributed by atoms with van der Waals surface area (Å²) in [6, 6.07) is 8.09. The predicted molar refractivity (Wildman–Crippen MR) is 112 cm³/mol. The molecule has 172 valence electrons. The topological polar surface area (TPSA) is 62.7 Å². The summed E-state index contributed by atoms with van der Waals surface area (Å²) in [5.41, 5.74) is 1.12. The van der Waals surface area contributed by atoms with Crippen LogP contribution in [-0.2, 0) is 24.1 Å². The molecule has 1 N–H and O–H groups in total. The Morgan fingerprint density at radius 2 is 1.88 bits per heavy atom. The number of carboxylic acids is 1. The lowest BCUT2D eigenvalue weighted by Gasteiger charge is -2.36. The molecule has 8 heteroatoms. The van der Waals surface area contributed by atoms with Crippen molar-refractivity contribution in [1.29, 1.82) is 0 Å². The van der Waals surface area contributed by atoms with Crippen LogP contribution in [0.2, 0.25) is 0 Å². The molecule has 1 saturated heterocycles. The zero-order chi connectivity index (χ0) is 22.7. The lowest BCUT2D eigenvalue weighted by atomic mass is 9.81. The zero-order valence-corrected chi connectivity index (χ0v) is 17.8. The normalized spacial score (nSPS) is 18.3. The Morgan fingerprint density at radius 1 is 1.12 bits per heavy atom. The zero-order valence-electron chi connectivity index (χ0n) is 17.8. The number of alkyl halides is 3. The van der Waals surface area contributed by atoms with Crippen LogP contribution in [0.15, 0.2) is 36.5 Å². The highest BCUT2D eigenvalue weighted by atomic mass is 19.4. The Bertz CT molecular complexity index is 934. The fourth-order valence-electron chi connectivity index (χ4n) is 4.55. The van der Waals surface area contributed by atoms with Crippen molar-refractivity contribution in [1.82, 2.24) is 9.88 Å². The number of benzene rings is 1. The molecule has 0 spiro atoms. The third-order valence-electron chi connectivity index (χ3n) is 6.36. The van der Waals surface area contributed by atoms with Crippen molar-refractivity contribution in [3.8, 4) is 5.75 Å². The second-order valence-electron chi connectivity index (χ2n) is 8.76. The summed E-state index contributed by atoms with van der Waals surface area (Å²) in [6.45, 7) is 1.60. The van der Waals surface area contributed by atoms with E-state index in [1.165, 1.54) is 6.07 Å². The fraction of sp³-hybridized carbons (Fsp3) is 0.500. The molecule has 5 nitrogen and oxygen atoms in total. The van der Waals surface area contributed by atoms with Crippen molar-refractivity contribution < 1.29 is 27.8 Å². The number of halogens is 3. The van der Waals surface area contributed by atoms with Crippen LogP contribution in [0.25, 0.3) is 0 Å². The maximum absolute atomic E-state index is 13.7. The van der Waals surface area contributed by atoms with Gasteiger partial charge in [-0.15, -0.1) is 0 Å². The molecule has 1 aliphatic carbocycles. The lowest BCUT2D eigenvalue weighted by Crippen LogP contribution is -2.49. The molecule has 1 aromatic carbocycles. The van der Waals surface area contributed by atoms with Gasteiger partial charge in [0.2, 0.25) is 0 Å². The van der Waals surface area contributed by atoms with Gasteiger partial charge < -0.3 is 9.84 Å². The number of aromatic nitrogens is 1. The first kappa shape index (κ1) is 22.6. The van der Waals surface area contributed by atoms with Crippen LogP contribution < -0.4 is 4.74 Å². The first-order valence-electron chi connectivity index (χ1n) is 11.0. The minimum Gasteiger partial charge on any atom is -0.487 e. The van der Waals surface area contributed by atoms with Gasteiger partial charge in [0.25, 0.3) is 0 Å². The van der Waals surface area contributed by atoms with Gasteiger partial charge in [-0.05, 0) is 48.1 Å². The molecule has 4 rings (SSSR count). The standard InChI is InChI=1S/C24H27F3N2O3/c25-24(26,27)22-10-16(6-9-21(22)17-4-2-1-3-5-17)15-32-20-8-7-19(28-11-20)14-29-12-18(13-29)23(30)31/h6-11,17-18H,1-5,12-15H2,(H,30,31). The van der Waals surface area contributed by atoms with E-state index in [0.29, 0.717) is 36.5 Å². The van der Waals surface area contributed by atoms with Crippen molar-refractivity contribution in [2.75, 3.05) is 13.1 Å². The van der Waals surface area contributed by atoms with Crippen molar-refractivity contribution in [3.63, 3.8) is 0 Å². The van der Waals surface area contributed by atoms with Gasteiger partial charge in [0, 0.05) is 19.6 Å². The van der Waals surface area contributed by atoms with Crippen LogP contribution in [0.3, 0.4) is 0 Å². The van der Waals surface area contributed by atoms with Crippen molar-refractivity contribution in [2.24, 2.45) is 5.92 Å². The van der Waals surface area contributed by atoms with E-state index in [1.54, 1.807) is 30.5 Å². The summed E-state index contributed by atoms with van der Waals surface area (Å²) >= 11 is 0. The number of pyridine rings is 1. The highest BCUT2D eigenvalue weighted by molar-refractivity contribution is 5.71. The van der Waals surface area contributed by atoms with Crippen LogP contribution >= 0.6 is 0 Å². The number of likely N-dealkylation sites (tertiary alicyclic amines) is 1. The summed E-state index contributed by atoms with van der Waals surface area (Å²) in [5, 5.41) is 8.93. The number of carboxylic acid groups (broad SMARTS) is 1. The molecule has 0 amide bonds. The van der Waals surface area contributed by atoms with Crippen LogP contribution in [0.5, 0.6) is 5.75 Å². The lowest BCUT2D eigenvalue weighted by molar-refractivity contribution is -0.147. The molecular formula is C24H27F3N2O3. The number of nitrogens with zero attached hydrogens (tertiary/aromatic N) is 2. The number of rotatable bonds is 7. The molecule has 1 aliphatic heterocycles. The SMILES string of the molecule is O=C(O)C1CN(Cc2ccc(OCc3ccc(C4CCCCC4)c(C(F)(F)F)c3)cn2)C1. The molecule has 2 aromatic rings. The second kappa shape index (κ2) is 9.48. The molecule has 32 heavy (non-hydrogen) atoms. The Morgan fingerprint density at radius 3 is 2.50 bits per heavy atom. The molecule has 0 bridgehead atoms. The number of hydrogen-bond donors (Lipinski definition) is 1. The maximum atomic E-state index is 13.7. The first-order valence-corrected chi connectivity index (χ1v) is 11.0. The first-order chi connectivity index (χ1) is 15.3. The van der Waals surface area contributed by atoms with E-state index in [9.17, 15) is 18.0 Å². The molecule has 0 unspecified atom stereocenters. The van der Waals surface area contributed by atoms with E-state index in [0.717, 1.165) is 37.8 Å². The summed E-state index contributed by atoms with van der Waals surface area (Å²) in [5.74, 6) is -0.642. The molecule has 2 heterocycles. The summed E-state index contributed by atoms with van der Waals surface area (Å²) in [4.78, 5) is 17.2. The largest absolute Gasteiger partial charge is 0.487 e. The maximum Gasteiger partial charge on any atom is 0.416 e. The van der Waals surface area contributed by atoms with Gasteiger partial charge in [-0.3, -0.25) is 14.7 Å². The summed E-state index contributed by atoms with van der Waals surface area (Å²) in [7, 11) is 0. The molecule has 0 radical (unpaired) electrons. The van der Waals surface area contributed by atoms with E-state index >= 15 is 0 Å². The molecule has 1 saturated carbocycles. The Hall–Kier alpha value is -2.61. The van der Waals surface area contributed by atoms with Gasteiger partial charge in [-0.2, -0.15) is 13.2 Å². The van der Waals surface area contributed by atoms with Gasteiger partial charge in [0.05, 0.1) is 23.4 Å². The Balaban J connectivity index is 1.36. The monoisotopic (exact) mass is 448 g/mol. The smallest absolute Gasteiger partial charge is 0.416 e. The van der Waals surface area contributed by atoms with E-state index in [4.69, 9.17) is 9.84 Å². The van der Waals surface area contributed by atoms with Gasteiger partial charge >= 0.3 is 12.1 Å². The van der Waals surface area contributed by atoms with E-state index in [-0.39, 0.29) is 18.4 Å². The van der Waals surface area contributed by atoms with Crippen molar-refractivity contribution in [2.45, 2.75) is 57.3 Å². The minimum atomic E-state index is -4.39. The molecule has 2 aliphatic rings. The van der Waals surface area contributed by atoms with Crippen LogP contribution in [-0.4, -0.2) is 34.0 Å². The van der Waals surface area contributed by atoms with Crippen LogP contribution in [0.1, 0.15) is 60.4 Å². The average molecular weight is 448 g/mol. The van der Waals surface area contributed by atoms with Gasteiger partial charge in [0.1, 0.15) is 12.4 Å². The molecular weight excluding hydrogens is 421 g/mol. The number of carbonyl (C=O) groups is 1. The third-order valence-corrected chi connectivity index (χ3v) is 6.36. The van der Waals surface area contributed by atoms with Crippen molar-refractivity contribution >= 4 is 5.97 Å². The summed E-state index contributed by atoms with van der Waals surface area (Å²) < 4.78 is 46.8. The van der Waals surface area contributed by atoms with E-state index in [1.807, 2.05) is 4.90 Å². The second-order valence-corrected chi connectivity index (χ2v) is 8.76. The molecule has 2 fully saturated rings. The quantitative estimate of drug-likeness (QED) is 0.627. The van der Waals surface area contributed by atoms with Gasteiger partial charge in [-0.25, -0.2) is 0 Å². The summed E-state index contributed by atoms with van der Waals surface area (Å²) in [6.07, 6.45) is 1.84. The fourth-order valence-corrected chi connectivity index (χ4v) is 4.55. The third kappa shape index (κ3) is 5.41. The number of ether oxygens (including phenoxy) is 1. The van der Waals surface area contributed by atoms with Gasteiger partial charge in [-0.1, -0.05) is 31.4 Å². The highest BCUT2D eigenvalue weighted by Gasteiger charge is 2.36. The molecule has 0 atom stereocenters.